The summed E-state index contributed by atoms with van der Waals surface area (Å²) >= 11 is 0. The predicted molar refractivity (Wildman–Crippen MR) is 173 cm³/mol. The molecule has 0 aromatic heterocycles. The molecule has 7 heteroatoms. The Balaban J connectivity index is 1.44. The van der Waals surface area contributed by atoms with E-state index < -0.39 is 12.0 Å². The Hall–Kier alpha value is -3.45. The van der Waals surface area contributed by atoms with E-state index in [1.165, 1.54) is 19.3 Å². The van der Waals surface area contributed by atoms with Gasteiger partial charge in [0.25, 0.3) is 0 Å². The predicted octanol–water partition coefficient (Wildman–Crippen LogP) is 5.70. The van der Waals surface area contributed by atoms with Crippen LogP contribution in [0.3, 0.4) is 0 Å². The topological polar surface area (TPSA) is 105 Å². The van der Waals surface area contributed by atoms with Gasteiger partial charge in [0.05, 0.1) is 30.5 Å². The minimum absolute atomic E-state index is 0.0244. The maximum atomic E-state index is 13.7. The van der Waals surface area contributed by atoms with Gasteiger partial charge in [-0.05, 0) is 62.0 Å². The quantitative estimate of drug-likeness (QED) is 0.239. The average molecular weight is 603 g/mol. The SMILES string of the molecule is O=C(CC1CC=CCCCC(Cc2ccccc2)C(=O)OCC(CC2CCCCC2)NC1=O)NC(CO)Cc1ccccc1. The Morgan fingerprint density at radius 3 is 2.30 bits per heavy atom. The van der Waals surface area contributed by atoms with Crippen LogP contribution in [-0.4, -0.2) is 48.2 Å². The lowest BCUT2D eigenvalue weighted by Gasteiger charge is -2.29. The zero-order valence-electron chi connectivity index (χ0n) is 26.0. The van der Waals surface area contributed by atoms with Crippen molar-refractivity contribution in [3.8, 4) is 0 Å². The second kappa shape index (κ2) is 18.4. The van der Waals surface area contributed by atoms with Gasteiger partial charge in [0, 0.05) is 6.42 Å². The fourth-order valence-corrected chi connectivity index (χ4v) is 6.53. The minimum Gasteiger partial charge on any atom is -0.463 e. The number of cyclic esters (lactones) is 1. The highest BCUT2D eigenvalue weighted by Crippen LogP contribution is 2.28. The number of hydrogen-bond acceptors (Lipinski definition) is 5. The molecule has 1 aliphatic carbocycles. The lowest BCUT2D eigenvalue weighted by molar-refractivity contribution is -0.150. The number of carbonyl (C=O) groups excluding carboxylic acids is 3. The van der Waals surface area contributed by atoms with Crippen LogP contribution in [0, 0.1) is 17.8 Å². The highest BCUT2D eigenvalue weighted by Gasteiger charge is 2.29. The van der Waals surface area contributed by atoms with Gasteiger partial charge in [-0.15, -0.1) is 0 Å². The second-order valence-electron chi connectivity index (χ2n) is 12.6. The summed E-state index contributed by atoms with van der Waals surface area (Å²) in [6, 6.07) is 19.1. The zero-order chi connectivity index (χ0) is 31.0. The smallest absolute Gasteiger partial charge is 0.309 e. The molecule has 0 saturated heterocycles. The lowest BCUT2D eigenvalue weighted by atomic mass is 9.84. The molecule has 7 nitrogen and oxygen atoms in total. The highest BCUT2D eigenvalue weighted by atomic mass is 16.5. The molecule has 2 aliphatic rings. The van der Waals surface area contributed by atoms with E-state index in [1.807, 2.05) is 66.7 Å². The Kier molecular flexibility index (Phi) is 14.0. The van der Waals surface area contributed by atoms with E-state index >= 15 is 0 Å². The summed E-state index contributed by atoms with van der Waals surface area (Å²) in [5, 5.41) is 16.0. The lowest BCUT2D eigenvalue weighted by Crippen LogP contribution is -2.45. The molecule has 1 aliphatic heterocycles. The van der Waals surface area contributed by atoms with Crippen LogP contribution in [-0.2, 0) is 32.0 Å². The highest BCUT2D eigenvalue weighted by molar-refractivity contribution is 5.86. The number of nitrogens with one attached hydrogen (secondary N) is 2. The molecular formula is C37H50N2O5. The molecule has 238 valence electrons. The summed E-state index contributed by atoms with van der Waals surface area (Å²) in [7, 11) is 0. The van der Waals surface area contributed by atoms with Crippen molar-refractivity contribution >= 4 is 17.8 Å². The zero-order valence-corrected chi connectivity index (χ0v) is 26.0. The van der Waals surface area contributed by atoms with E-state index in [9.17, 15) is 19.5 Å². The Morgan fingerprint density at radius 1 is 0.886 bits per heavy atom. The minimum atomic E-state index is -0.555. The van der Waals surface area contributed by atoms with E-state index in [4.69, 9.17) is 4.74 Å². The largest absolute Gasteiger partial charge is 0.463 e. The molecule has 2 amide bonds. The third-order valence-corrected chi connectivity index (χ3v) is 9.00. The van der Waals surface area contributed by atoms with E-state index in [1.54, 1.807) is 0 Å². The van der Waals surface area contributed by atoms with E-state index in [0.717, 1.165) is 49.7 Å². The first-order valence-electron chi connectivity index (χ1n) is 16.6. The number of hydrogen-bond donors (Lipinski definition) is 3. The van der Waals surface area contributed by atoms with Crippen LogP contribution >= 0.6 is 0 Å². The van der Waals surface area contributed by atoms with Crippen LogP contribution in [0.25, 0.3) is 0 Å². The van der Waals surface area contributed by atoms with Crippen molar-refractivity contribution < 1.29 is 24.2 Å². The molecule has 0 radical (unpaired) electrons. The summed E-state index contributed by atoms with van der Waals surface area (Å²) in [5.41, 5.74) is 2.14. The molecule has 4 unspecified atom stereocenters. The molecule has 0 bridgehead atoms. The number of aliphatic hydroxyl groups is 1. The van der Waals surface area contributed by atoms with Crippen molar-refractivity contribution in [2.75, 3.05) is 13.2 Å². The van der Waals surface area contributed by atoms with Gasteiger partial charge in [-0.25, -0.2) is 0 Å². The fraction of sp³-hybridized carbons (Fsp3) is 0.541. The van der Waals surface area contributed by atoms with Crippen LogP contribution in [0.2, 0.25) is 0 Å². The van der Waals surface area contributed by atoms with Crippen molar-refractivity contribution in [3.63, 3.8) is 0 Å². The first-order chi connectivity index (χ1) is 21.5. The molecular weight excluding hydrogens is 552 g/mol. The number of ether oxygens (including phenoxy) is 1. The number of rotatable bonds is 10. The van der Waals surface area contributed by atoms with E-state index in [0.29, 0.717) is 25.2 Å². The standard InChI is InChI=1S/C37H50N2O5/c40-26-33(23-29-16-8-4-9-17-29)38-35(41)25-31-20-12-1-2-13-21-32(22-28-14-6-3-7-15-28)37(43)44-27-34(39-36(31)42)24-30-18-10-5-11-19-30/h1,3-4,6-9,12,14-17,30-34,40H,2,5,10-11,13,18-27H2,(H,38,41)(H,39,42). The molecule has 44 heavy (non-hydrogen) atoms. The van der Waals surface area contributed by atoms with Gasteiger partial charge in [-0.3, -0.25) is 14.4 Å². The van der Waals surface area contributed by atoms with Gasteiger partial charge >= 0.3 is 5.97 Å². The maximum Gasteiger partial charge on any atom is 0.309 e. The number of benzene rings is 2. The second-order valence-corrected chi connectivity index (χ2v) is 12.6. The van der Waals surface area contributed by atoms with Crippen LogP contribution < -0.4 is 10.6 Å². The maximum absolute atomic E-state index is 13.7. The normalized spacial score (nSPS) is 23.2. The number of allylic oxidation sites excluding steroid dienone is 2. The summed E-state index contributed by atoms with van der Waals surface area (Å²) in [6.07, 6.45) is 14.7. The van der Waals surface area contributed by atoms with Crippen molar-refractivity contribution in [2.24, 2.45) is 17.8 Å². The monoisotopic (exact) mass is 602 g/mol. The summed E-state index contributed by atoms with van der Waals surface area (Å²) < 4.78 is 5.94. The summed E-state index contributed by atoms with van der Waals surface area (Å²) in [4.78, 5) is 40.2. The van der Waals surface area contributed by atoms with Crippen LogP contribution in [0.1, 0.15) is 81.8 Å². The first kappa shape index (κ1) is 33.4. The molecule has 1 heterocycles. The average Bonchev–Trinajstić information content (AvgIpc) is 3.04. The van der Waals surface area contributed by atoms with Crippen LogP contribution in [0.5, 0.6) is 0 Å². The molecule has 3 N–H and O–H groups in total. The van der Waals surface area contributed by atoms with E-state index in [-0.39, 0.29) is 49.4 Å². The Labute approximate surface area is 262 Å². The number of carbonyl (C=O) groups is 3. The van der Waals surface area contributed by atoms with Gasteiger partial charge in [-0.1, -0.05) is 105 Å². The summed E-state index contributed by atoms with van der Waals surface area (Å²) in [5.74, 6) is -0.956. The van der Waals surface area contributed by atoms with Crippen molar-refractivity contribution in [3.05, 3.63) is 83.9 Å². The molecule has 4 atom stereocenters. The third kappa shape index (κ3) is 11.6. The van der Waals surface area contributed by atoms with Crippen molar-refractivity contribution in [2.45, 2.75) is 95.6 Å². The number of esters is 1. The molecule has 0 spiro atoms. The Bertz CT molecular complexity index is 1180. The van der Waals surface area contributed by atoms with Gasteiger partial charge in [-0.2, -0.15) is 0 Å². The van der Waals surface area contributed by atoms with Crippen LogP contribution in [0.4, 0.5) is 0 Å². The van der Waals surface area contributed by atoms with Gasteiger partial charge in [0.15, 0.2) is 0 Å². The number of aliphatic hydroxyl groups excluding tert-OH is 1. The first-order valence-corrected chi connectivity index (χ1v) is 16.6. The number of amides is 2. The van der Waals surface area contributed by atoms with Gasteiger partial charge < -0.3 is 20.5 Å². The molecule has 1 fully saturated rings. The van der Waals surface area contributed by atoms with Crippen LogP contribution in [0.15, 0.2) is 72.8 Å². The van der Waals surface area contributed by atoms with Gasteiger partial charge in [0.1, 0.15) is 6.61 Å². The molecule has 2 aromatic rings. The van der Waals surface area contributed by atoms with Crippen molar-refractivity contribution in [1.82, 2.24) is 10.6 Å². The fourth-order valence-electron chi connectivity index (χ4n) is 6.53. The van der Waals surface area contributed by atoms with Gasteiger partial charge in [0.2, 0.25) is 11.8 Å². The molecule has 2 aromatic carbocycles. The molecule has 4 rings (SSSR count). The molecule has 1 saturated carbocycles. The van der Waals surface area contributed by atoms with E-state index in [2.05, 4.69) is 16.7 Å². The summed E-state index contributed by atoms with van der Waals surface area (Å²) in [6.45, 7) is -0.0394. The van der Waals surface area contributed by atoms with Crippen molar-refractivity contribution in [1.29, 1.82) is 0 Å². The third-order valence-electron chi connectivity index (χ3n) is 9.00. The Morgan fingerprint density at radius 2 is 1.59 bits per heavy atom.